The van der Waals surface area contributed by atoms with Gasteiger partial charge in [-0.25, -0.2) is 0 Å². The molecule has 0 unspecified atom stereocenters. The Morgan fingerprint density at radius 3 is 3.12 bits per heavy atom. The summed E-state index contributed by atoms with van der Waals surface area (Å²) in [6.45, 7) is 0. The molecule has 2 N–H and O–H groups in total. The molecular formula is C2H4BN5. The molecule has 1 aromatic heterocycles. The summed E-state index contributed by atoms with van der Waals surface area (Å²) in [5.41, 5.74) is 0. The van der Waals surface area contributed by atoms with Gasteiger partial charge in [0.25, 0.3) is 5.95 Å². The Hall–Kier alpha value is -1.07. The highest BCUT2D eigenvalue weighted by Crippen LogP contribution is 1.84. The Morgan fingerprint density at radius 2 is 2.62 bits per heavy atom. The van der Waals surface area contributed by atoms with E-state index in [1.54, 1.807) is 0 Å². The SMILES string of the molecule is [B]CNc1nn[nH]n1. The van der Waals surface area contributed by atoms with Crippen LogP contribution < -0.4 is 5.32 Å². The number of nitrogens with zero attached hydrogens (tertiary/aromatic N) is 3. The van der Waals surface area contributed by atoms with Gasteiger partial charge >= 0.3 is 0 Å². The third kappa shape index (κ3) is 0.957. The smallest absolute Gasteiger partial charge is 0.262 e. The first-order valence-corrected chi connectivity index (χ1v) is 2.11. The summed E-state index contributed by atoms with van der Waals surface area (Å²) in [4.78, 5) is 0. The first-order chi connectivity index (χ1) is 3.93. The summed E-state index contributed by atoms with van der Waals surface area (Å²) >= 11 is 0. The number of anilines is 1. The van der Waals surface area contributed by atoms with Crippen molar-refractivity contribution in [2.45, 2.75) is 0 Å². The van der Waals surface area contributed by atoms with E-state index in [0.29, 0.717) is 12.4 Å². The Labute approximate surface area is 47.3 Å². The van der Waals surface area contributed by atoms with Gasteiger partial charge in [-0.05, 0) is 11.7 Å². The fourth-order valence-corrected chi connectivity index (χ4v) is 0.328. The second-order valence-corrected chi connectivity index (χ2v) is 1.12. The summed E-state index contributed by atoms with van der Waals surface area (Å²) < 4.78 is 0. The molecule has 6 heteroatoms. The molecule has 0 amide bonds. The van der Waals surface area contributed by atoms with Crippen molar-refractivity contribution in [2.24, 2.45) is 0 Å². The quantitative estimate of drug-likeness (QED) is 0.465. The van der Waals surface area contributed by atoms with Crippen molar-refractivity contribution in [3.8, 4) is 0 Å². The van der Waals surface area contributed by atoms with Crippen LogP contribution in [0.15, 0.2) is 0 Å². The molecule has 2 radical (unpaired) electrons. The van der Waals surface area contributed by atoms with E-state index in [1.165, 1.54) is 0 Å². The molecule has 0 aliphatic rings. The number of nitrogens with one attached hydrogen (secondary N) is 2. The highest BCUT2D eigenvalue weighted by Gasteiger charge is 1.88. The van der Waals surface area contributed by atoms with Crippen LogP contribution in [0.2, 0.25) is 0 Å². The Bertz CT molecular complexity index is 136. The van der Waals surface area contributed by atoms with Crippen LogP contribution in [0, 0.1) is 0 Å². The number of rotatable bonds is 2. The van der Waals surface area contributed by atoms with Crippen molar-refractivity contribution >= 4 is 13.8 Å². The summed E-state index contributed by atoms with van der Waals surface area (Å²) in [5.74, 6) is 0.424. The average molecular weight is 109 g/mol. The van der Waals surface area contributed by atoms with E-state index in [4.69, 9.17) is 7.85 Å². The lowest BCUT2D eigenvalue weighted by atomic mass is 10.2. The molecule has 0 spiro atoms. The molecule has 1 heterocycles. The van der Waals surface area contributed by atoms with Crippen molar-refractivity contribution in [3.05, 3.63) is 0 Å². The second kappa shape index (κ2) is 2.30. The lowest BCUT2D eigenvalue weighted by molar-refractivity contribution is 0.881. The van der Waals surface area contributed by atoms with Crippen molar-refractivity contribution in [1.29, 1.82) is 0 Å². The normalized spacial score (nSPS) is 9.00. The van der Waals surface area contributed by atoms with Crippen LogP contribution in [-0.4, -0.2) is 34.9 Å². The zero-order valence-corrected chi connectivity index (χ0v) is 4.13. The van der Waals surface area contributed by atoms with Crippen LogP contribution in [0.5, 0.6) is 0 Å². The van der Waals surface area contributed by atoms with Crippen LogP contribution in [0.4, 0.5) is 5.95 Å². The molecular weight excluding hydrogens is 105 g/mol. The summed E-state index contributed by atoms with van der Waals surface area (Å²) in [6, 6.07) is 0. The second-order valence-electron chi connectivity index (χ2n) is 1.12. The van der Waals surface area contributed by atoms with E-state index in [2.05, 4.69) is 25.9 Å². The van der Waals surface area contributed by atoms with Crippen LogP contribution in [0.3, 0.4) is 0 Å². The van der Waals surface area contributed by atoms with E-state index in [9.17, 15) is 0 Å². The van der Waals surface area contributed by atoms with Crippen molar-refractivity contribution in [3.63, 3.8) is 0 Å². The maximum atomic E-state index is 5.09. The number of hydrogen-bond acceptors (Lipinski definition) is 4. The van der Waals surface area contributed by atoms with Crippen molar-refractivity contribution in [1.82, 2.24) is 20.6 Å². The Morgan fingerprint density at radius 1 is 1.75 bits per heavy atom. The number of H-pyrrole nitrogens is 1. The van der Waals surface area contributed by atoms with E-state index in [1.807, 2.05) is 0 Å². The van der Waals surface area contributed by atoms with E-state index < -0.39 is 0 Å². The molecule has 0 aliphatic carbocycles. The molecule has 0 aliphatic heterocycles. The van der Waals surface area contributed by atoms with Gasteiger partial charge in [-0.1, -0.05) is 5.10 Å². The summed E-state index contributed by atoms with van der Waals surface area (Å²) in [7, 11) is 5.09. The van der Waals surface area contributed by atoms with Gasteiger partial charge in [0.05, 0.1) is 7.85 Å². The Balaban J connectivity index is 2.50. The monoisotopic (exact) mass is 109 g/mol. The average Bonchev–Trinajstić information content (AvgIpc) is 2.19. The van der Waals surface area contributed by atoms with Crippen LogP contribution in [0.1, 0.15) is 0 Å². The topological polar surface area (TPSA) is 66.5 Å². The Kier molecular flexibility index (Phi) is 1.46. The lowest BCUT2D eigenvalue weighted by Gasteiger charge is -1.88. The van der Waals surface area contributed by atoms with Gasteiger partial charge in [0.2, 0.25) is 0 Å². The van der Waals surface area contributed by atoms with Crippen molar-refractivity contribution < 1.29 is 0 Å². The van der Waals surface area contributed by atoms with Gasteiger partial charge in [-0.2, -0.15) is 5.21 Å². The predicted molar refractivity (Wildman–Crippen MR) is 28.4 cm³/mol. The zero-order chi connectivity index (χ0) is 5.82. The first-order valence-electron chi connectivity index (χ1n) is 2.11. The van der Waals surface area contributed by atoms with Crippen LogP contribution in [-0.2, 0) is 0 Å². The highest BCUT2D eigenvalue weighted by atomic mass is 15.5. The van der Waals surface area contributed by atoms with E-state index >= 15 is 0 Å². The van der Waals surface area contributed by atoms with Gasteiger partial charge in [-0.15, -0.1) is 5.10 Å². The van der Waals surface area contributed by atoms with Crippen LogP contribution in [0.25, 0.3) is 0 Å². The summed E-state index contributed by atoms with van der Waals surface area (Å²) in [5, 5.41) is 15.3. The molecule has 0 atom stereocenters. The van der Waals surface area contributed by atoms with Gasteiger partial charge in [-0.3, -0.25) is 0 Å². The molecule has 0 saturated heterocycles. The fourth-order valence-electron chi connectivity index (χ4n) is 0.328. The summed E-state index contributed by atoms with van der Waals surface area (Å²) in [6.07, 6.45) is 0.319. The fraction of sp³-hybridized carbons (Fsp3) is 0.500. The minimum Gasteiger partial charge on any atom is -0.361 e. The molecule has 0 saturated carbocycles. The first kappa shape index (κ1) is 5.08. The third-order valence-electron chi connectivity index (χ3n) is 0.606. The molecule has 40 valence electrons. The predicted octanol–water partition coefficient (Wildman–Crippen LogP) is -1.26. The van der Waals surface area contributed by atoms with Crippen molar-refractivity contribution in [2.75, 3.05) is 11.8 Å². The minimum absolute atomic E-state index is 0.319. The molecule has 1 rings (SSSR count). The van der Waals surface area contributed by atoms with E-state index in [0.717, 1.165) is 0 Å². The van der Waals surface area contributed by atoms with Gasteiger partial charge in [0.15, 0.2) is 0 Å². The molecule has 0 aromatic carbocycles. The largest absolute Gasteiger partial charge is 0.361 e. The number of aromatic amines is 1. The molecule has 0 bridgehead atoms. The molecule has 1 aromatic rings. The van der Waals surface area contributed by atoms with Gasteiger partial charge in [0, 0.05) is 0 Å². The number of tetrazole rings is 1. The zero-order valence-electron chi connectivity index (χ0n) is 4.13. The molecule has 5 nitrogen and oxygen atoms in total. The molecule has 8 heavy (non-hydrogen) atoms. The van der Waals surface area contributed by atoms with Crippen LogP contribution >= 0.6 is 0 Å². The number of hydrogen-bond donors (Lipinski definition) is 2. The van der Waals surface area contributed by atoms with Gasteiger partial charge in [0.1, 0.15) is 0 Å². The highest BCUT2D eigenvalue weighted by molar-refractivity contribution is 6.09. The maximum Gasteiger partial charge on any atom is 0.262 e. The number of aromatic nitrogens is 4. The van der Waals surface area contributed by atoms with E-state index in [-0.39, 0.29) is 0 Å². The lowest BCUT2D eigenvalue weighted by Crippen LogP contribution is -2.01. The standard InChI is InChI=1S/C2H4BN5/c3-1-4-2-5-7-8-6-2/h1H2,(H2,4,5,6,7,8). The minimum atomic E-state index is 0.319. The maximum absolute atomic E-state index is 5.09. The third-order valence-corrected chi connectivity index (χ3v) is 0.606. The molecule has 0 fully saturated rings. The van der Waals surface area contributed by atoms with Gasteiger partial charge < -0.3 is 5.32 Å².